The Kier molecular flexibility index (Phi) is 3.82. The Balaban J connectivity index is 2.12. The van der Waals surface area contributed by atoms with E-state index in [0.29, 0.717) is 16.4 Å². The maximum Gasteiger partial charge on any atom is 0.267 e. The lowest BCUT2D eigenvalue weighted by Crippen LogP contribution is -2.28. The van der Waals surface area contributed by atoms with Gasteiger partial charge in [-0.3, -0.25) is 9.59 Å². The van der Waals surface area contributed by atoms with E-state index in [1.54, 1.807) is 18.2 Å². The molecule has 0 fully saturated rings. The van der Waals surface area contributed by atoms with E-state index in [0.717, 1.165) is 4.68 Å². The number of carbonyl (C=O) groups is 1. The van der Waals surface area contributed by atoms with Crippen molar-refractivity contribution < 1.29 is 4.79 Å². The molecule has 0 aliphatic carbocycles. The predicted molar refractivity (Wildman–Crippen MR) is 73.0 cm³/mol. The first-order chi connectivity index (χ1) is 9.06. The van der Waals surface area contributed by atoms with E-state index in [1.807, 2.05) is 0 Å². The van der Waals surface area contributed by atoms with Gasteiger partial charge < -0.3 is 11.1 Å². The molecule has 1 amide bonds. The Morgan fingerprint density at radius 1 is 1.42 bits per heavy atom. The van der Waals surface area contributed by atoms with Crippen LogP contribution in [0.15, 0.2) is 41.3 Å². The third kappa shape index (κ3) is 3.32. The summed E-state index contributed by atoms with van der Waals surface area (Å²) in [5.41, 5.74) is 6.13. The van der Waals surface area contributed by atoms with Gasteiger partial charge in [-0.2, -0.15) is 5.10 Å². The highest BCUT2D eigenvalue weighted by molar-refractivity contribution is 6.33. The number of nitrogens with two attached hydrogens (primary N) is 1. The van der Waals surface area contributed by atoms with Gasteiger partial charge in [0.05, 0.1) is 10.7 Å². The van der Waals surface area contributed by atoms with Crippen LogP contribution in [0.25, 0.3) is 0 Å². The highest BCUT2D eigenvalue weighted by Gasteiger charge is 2.08. The number of nitrogen functional groups attached to an aromatic ring is 1. The summed E-state index contributed by atoms with van der Waals surface area (Å²) in [4.78, 5) is 23.2. The van der Waals surface area contributed by atoms with E-state index >= 15 is 0 Å². The van der Waals surface area contributed by atoms with Crippen LogP contribution in [0.1, 0.15) is 0 Å². The summed E-state index contributed by atoms with van der Waals surface area (Å²) >= 11 is 5.92. The second-order valence-corrected chi connectivity index (χ2v) is 4.21. The standard InChI is InChI=1S/C12H11ClN4O2/c13-9-4-3-8(14)6-10(9)16-11(18)7-17-12(19)2-1-5-15-17/h1-6H,7,14H2,(H,16,18). The van der Waals surface area contributed by atoms with Crippen molar-refractivity contribution in [2.24, 2.45) is 0 Å². The molecule has 0 aliphatic rings. The molecule has 0 bridgehead atoms. The molecule has 2 aromatic rings. The van der Waals surface area contributed by atoms with Crippen LogP contribution in [0, 0.1) is 0 Å². The number of nitrogens with zero attached hydrogens (tertiary/aromatic N) is 2. The lowest BCUT2D eigenvalue weighted by atomic mass is 10.3. The molecule has 0 saturated heterocycles. The summed E-state index contributed by atoms with van der Waals surface area (Å²) in [6.45, 7) is -0.190. The Bertz CT molecular complexity index is 669. The summed E-state index contributed by atoms with van der Waals surface area (Å²) in [6, 6.07) is 7.58. The third-order valence-corrected chi connectivity index (χ3v) is 2.67. The van der Waals surface area contributed by atoms with Gasteiger partial charge in [-0.1, -0.05) is 11.6 Å². The molecule has 0 spiro atoms. The van der Waals surface area contributed by atoms with Crippen LogP contribution in [0.5, 0.6) is 0 Å². The van der Waals surface area contributed by atoms with Crippen LogP contribution in [-0.4, -0.2) is 15.7 Å². The van der Waals surface area contributed by atoms with Crippen LogP contribution in [0.4, 0.5) is 11.4 Å². The quantitative estimate of drug-likeness (QED) is 0.823. The first kappa shape index (κ1) is 13.1. The molecule has 6 nitrogen and oxygen atoms in total. The minimum absolute atomic E-state index is 0.190. The average Bonchev–Trinajstić information content (AvgIpc) is 2.37. The fourth-order valence-corrected chi connectivity index (χ4v) is 1.64. The molecule has 3 N–H and O–H groups in total. The van der Waals surface area contributed by atoms with Crippen LogP contribution in [0.2, 0.25) is 5.02 Å². The molecule has 19 heavy (non-hydrogen) atoms. The molecule has 0 unspecified atom stereocenters. The smallest absolute Gasteiger partial charge is 0.267 e. The molecule has 98 valence electrons. The number of benzene rings is 1. The number of hydrogen-bond donors (Lipinski definition) is 2. The van der Waals surface area contributed by atoms with E-state index in [1.165, 1.54) is 18.3 Å². The summed E-state index contributed by atoms with van der Waals surface area (Å²) in [5.74, 6) is -0.409. The van der Waals surface area contributed by atoms with Crippen molar-refractivity contribution in [2.75, 3.05) is 11.1 Å². The molecule has 0 saturated carbocycles. The van der Waals surface area contributed by atoms with Crippen LogP contribution in [0.3, 0.4) is 0 Å². The molecule has 2 rings (SSSR count). The Labute approximate surface area is 113 Å². The Morgan fingerprint density at radius 2 is 2.21 bits per heavy atom. The number of carbonyl (C=O) groups excluding carboxylic acids is 1. The second-order valence-electron chi connectivity index (χ2n) is 3.81. The molecule has 0 aliphatic heterocycles. The van der Waals surface area contributed by atoms with E-state index in [4.69, 9.17) is 17.3 Å². The van der Waals surface area contributed by atoms with E-state index < -0.39 is 5.91 Å². The number of rotatable bonds is 3. The lowest BCUT2D eigenvalue weighted by molar-refractivity contribution is -0.117. The zero-order chi connectivity index (χ0) is 13.8. The molecule has 7 heteroatoms. The minimum Gasteiger partial charge on any atom is -0.399 e. The maximum atomic E-state index is 11.8. The summed E-state index contributed by atoms with van der Waals surface area (Å²) in [5, 5.41) is 6.73. The van der Waals surface area contributed by atoms with Gasteiger partial charge in [0.15, 0.2) is 0 Å². The predicted octanol–water partition coefficient (Wildman–Crippen LogP) is 1.12. The molecule has 1 heterocycles. The van der Waals surface area contributed by atoms with Gasteiger partial charge in [-0.25, -0.2) is 4.68 Å². The van der Waals surface area contributed by atoms with E-state index in [-0.39, 0.29) is 12.1 Å². The van der Waals surface area contributed by atoms with Gasteiger partial charge in [-0.05, 0) is 24.3 Å². The number of aromatic nitrogens is 2. The van der Waals surface area contributed by atoms with Gasteiger partial charge in [0.25, 0.3) is 5.56 Å². The minimum atomic E-state index is -0.409. The van der Waals surface area contributed by atoms with Gasteiger partial charge in [0, 0.05) is 18.0 Å². The van der Waals surface area contributed by atoms with E-state index in [9.17, 15) is 9.59 Å². The van der Waals surface area contributed by atoms with Crippen molar-refractivity contribution in [3.8, 4) is 0 Å². The number of nitrogens with one attached hydrogen (secondary N) is 1. The topological polar surface area (TPSA) is 90.0 Å². The summed E-state index contributed by atoms with van der Waals surface area (Å²) in [7, 11) is 0. The first-order valence-electron chi connectivity index (χ1n) is 5.43. The second kappa shape index (κ2) is 5.53. The summed E-state index contributed by atoms with van der Waals surface area (Å²) in [6.07, 6.45) is 1.43. The largest absolute Gasteiger partial charge is 0.399 e. The van der Waals surface area contributed by atoms with Crippen molar-refractivity contribution in [3.05, 3.63) is 51.9 Å². The van der Waals surface area contributed by atoms with Crippen molar-refractivity contribution in [1.29, 1.82) is 0 Å². The molecule has 1 aromatic carbocycles. The molecule has 0 radical (unpaired) electrons. The highest BCUT2D eigenvalue weighted by Crippen LogP contribution is 2.23. The fraction of sp³-hybridized carbons (Fsp3) is 0.0833. The number of anilines is 2. The highest BCUT2D eigenvalue weighted by atomic mass is 35.5. The van der Waals surface area contributed by atoms with Crippen molar-refractivity contribution >= 4 is 28.9 Å². The zero-order valence-electron chi connectivity index (χ0n) is 9.84. The Hall–Kier alpha value is -2.34. The van der Waals surface area contributed by atoms with Crippen LogP contribution < -0.4 is 16.6 Å². The fourth-order valence-electron chi connectivity index (χ4n) is 1.47. The number of hydrogen-bond acceptors (Lipinski definition) is 4. The third-order valence-electron chi connectivity index (χ3n) is 2.34. The molecule has 0 atom stereocenters. The van der Waals surface area contributed by atoms with Gasteiger partial charge in [0.2, 0.25) is 5.91 Å². The average molecular weight is 279 g/mol. The zero-order valence-corrected chi connectivity index (χ0v) is 10.6. The number of amides is 1. The van der Waals surface area contributed by atoms with Gasteiger partial charge in [0.1, 0.15) is 6.54 Å². The van der Waals surface area contributed by atoms with Gasteiger partial charge in [-0.15, -0.1) is 0 Å². The summed E-state index contributed by atoms with van der Waals surface area (Å²) < 4.78 is 1.05. The maximum absolute atomic E-state index is 11.8. The normalized spacial score (nSPS) is 10.2. The van der Waals surface area contributed by atoms with Crippen LogP contribution >= 0.6 is 11.6 Å². The Morgan fingerprint density at radius 3 is 2.95 bits per heavy atom. The first-order valence-corrected chi connectivity index (χ1v) is 5.81. The molecular weight excluding hydrogens is 268 g/mol. The number of halogens is 1. The molecular formula is C12H11ClN4O2. The monoisotopic (exact) mass is 278 g/mol. The van der Waals surface area contributed by atoms with E-state index in [2.05, 4.69) is 10.4 Å². The van der Waals surface area contributed by atoms with Crippen LogP contribution in [-0.2, 0) is 11.3 Å². The van der Waals surface area contributed by atoms with Gasteiger partial charge >= 0.3 is 0 Å². The lowest BCUT2D eigenvalue weighted by Gasteiger charge is -2.08. The SMILES string of the molecule is Nc1ccc(Cl)c(NC(=O)Cn2ncccc2=O)c1. The molecule has 1 aromatic heterocycles. The van der Waals surface area contributed by atoms with Crippen molar-refractivity contribution in [1.82, 2.24) is 9.78 Å². The van der Waals surface area contributed by atoms with Crippen molar-refractivity contribution in [2.45, 2.75) is 6.54 Å². The van der Waals surface area contributed by atoms with Crippen molar-refractivity contribution in [3.63, 3.8) is 0 Å².